The highest BCUT2D eigenvalue weighted by Crippen LogP contribution is 2.34. The molecule has 1 fully saturated rings. The molecule has 0 saturated carbocycles. The largest absolute Gasteiger partial charge is 0.490 e. The second kappa shape index (κ2) is 12.4. The lowest BCUT2D eigenvalue weighted by atomic mass is 9.85. The van der Waals surface area contributed by atoms with Gasteiger partial charge in [-0.25, -0.2) is 0 Å². The Hall–Kier alpha value is -3.17. The zero-order chi connectivity index (χ0) is 25.5. The van der Waals surface area contributed by atoms with Crippen molar-refractivity contribution in [1.82, 2.24) is 10.3 Å². The number of nitrogens with one attached hydrogen (secondary N) is 1. The molecule has 196 valence electrons. The Morgan fingerprint density at radius 3 is 2.68 bits per heavy atom. The third-order valence-corrected chi connectivity index (χ3v) is 6.89. The minimum Gasteiger partial charge on any atom is -0.490 e. The van der Waals surface area contributed by atoms with Crippen molar-refractivity contribution in [2.24, 2.45) is 0 Å². The van der Waals surface area contributed by atoms with Crippen molar-refractivity contribution < 1.29 is 24.1 Å². The number of hydrogen-bond acceptors (Lipinski definition) is 8. The van der Waals surface area contributed by atoms with Crippen molar-refractivity contribution in [2.75, 3.05) is 51.4 Å². The number of anilines is 1. The van der Waals surface area contributed by atoms with Crippen LogP contribution in [0.4, 0.5) is 5.69 Å². The highest BCUT2D eigenvalue weighted by Gasteiger charge is 2.34. The number of aliphatic hydroxyl groups excluding tert-OH is 1. The number of methoxy groups -OCH3 is 1. The second-order valence-electron chi connectivity index (χ2n) is 9.44. The fraction of sp³-hybridized carbons (Fsp3) is 0.414. The lowest BCUT2D eigenvalue weighted by Gasteiger charge is -2.36. The van der Waals surface area contributed by atoms with Gasteiger partial charge in [-0.15, -0.1) is 0 Å². The lowest BCUT2D eigenvalue weighted by Crippen LogP contribution is -2.49. The summed E-state index contributed by atoms with van der Waals surface area (Å²) in [4.78, 5) is 6.37. The van der Waals surface area contributed by atoms with Crippen LogP contribution in [0.3, 0.4) is 0 Å². The van der Waals surface area contributed by atoms with Crippen molar-refractivity contribution in [3.8, 4) is 17.2 Å². The van der Waals surface area contributed by atoms with Gasteiger partial charge in [-0.3, -0.25) is 4.98 Å². The molecule has 0 bridgehead atoms. The number of nitrogens with zero attached hydrogens (tertiary/aromatic N) is 2. The second-order valence-corrected chi connectivity index (χ2v) is 9.44. The van der Waals surface area contributed by atoms with Crippen molar-refractivity contribution in [3.63, 3.8) is 0 Å². The monoisotopic (exact) mass is 505 g/mol. The van der Waals surface area contributed by atoms with Crippen LogP contribution >= 0.6 is 0 Å². The molecule has 37 heavy (non-hydrogen) atoms. The van der Waals surface area contributed by atoms with Gasteiger partial charge in [0, 0.05) is 51.7 Å². The Kier molecular flexibility index (Phi) is 8.53. The SMILES string of the molecule is COCCCN1CCOc2ccc(CO[C@H]3CNC[C@@H](O)[C@@H]3c3ccc(Oc4ccncc4)cc3)cc21. The predicted molar refractivity (Wildman–Crippen MR) is 142 cm³/mol. The normalized spacial score (nSPS) is 21.2. The molecule has 0 spiro atoms. The smallest absolute Gasteiger partial charge is 0.142 e. The summed E-state index contributed by atoms with van der Waals surface area (Å²) in [5.41, 5.74) is 3.22. The van der Waals surface area contributed by atoms with Crippen molar-refractivity contribution in [2.45, 2.75) is 31.2 Å². The van der Waals surface area contributed by atoms with Crippen LogP contribution in [0.15, 0.2) is 67.0 Å². The summed E-state index contributed by atoms with van der Waals surface area (Å²) in [5, 5.41) is 14.2. The number of rotatable bonds is 10. The molecule has 2 N–H and O–H groups in total. The van der Waals surface area contributed by atoms with Crippen LogP contribution in [-0.2, 0) is 16.1 Å². The fourth-order valence-corrected chi connectivity index (χ4v) is 5.02. The van der Waals surface area contributed by atoms with E-state index in [1.807, 2.05) is 42.5 Å². The third kappa shape index (κ3) is 6.40. The summed E-state index contributed by atoms with van der Waals surface area (Å²) >= 11 is 0. The molecule has 0 amide bonds. The molecule has 3 atom stereocenters. The minimum absolute atomic E-state index is 0.136. The molecule has 1 saturated heterocycles. The van der Waals surface area contributed by atoms with Gasteiger partial charge in [0.05, 0.1) is 31.0 Å². The van der Waals surface area contributed by atoms with E-state index in [0.717, 1.165) is 60.2 Å². The van der Waals surface area contributed by atoms with Crippen LogP contribution in [0, 0.1) is 0 Å². The van der Waals surface area contributed by atoms with E-state index in [9.17, 15) is 5.11 Å². The number of pyridine rings is 1. The summed E-state index contributed by atoms with van der Waals surface area (Å²) in [7, 11) is 1.73. The summed E-state index contributed by atoms with van der Waals surface area (Å²) in [5.74, 6) is 2.25. The van der Waals surface area contributed by atoms with E-state index in [-0.39, 0.29) is 12.0 Å². The predicted octanol–water partition coefficient (Wildman–Crippen LogP) is 3.74. The van der Waals surface area contributed by atoms with Gasteiger partial charge in [0.2, 0.25) is 0 Å². The van der Waals surface area contributed by atoms with E-state index in [1.54, 1.807) is 19.5 Å². The first-order valence-electron chi connectivity index (χ1n) is 12.9. The van der Waals surface area contributed by atoms with Gasteiger partial charge in [0.1, 0.15) is 23.9 Å². The van der Waals surface area contributed by atoms with Gasteiger partial charge in [0.15, 0.2) is 0 Å². The number of ether oxygens (including phenoxy) is 4. The summed E-state index contributed by atoms with van der Waals surface area (Å²) in [6.07, 6.45) is 3.66. The molecular formula is C29H35N3O5. The summed E-state index contributed by atoms with van der Waals surface area (Å²) in [6, 6.07) is 17.8. The van der Waals surface area contributed by atoms with Crippen molar-refractivity contribution >= 4 is 5.69 Å². The van der Waals surface area contributed by atoms with Crippen LogP contribution in [0.25, 0.3) is 0 Å². The number of β-amino-alcohol motifs (C(OH)–C–C–N with tert-alkyl or cyclic N) is 1. The summed E-state index contributed by atoms with van der Waals surface area (Å²) in [6.45, 7) is 4.89. The molecule has 2 aliphatic rings. The molecule has 3 aromatic rings. The number of aliphatic hydroxyl groups is 1. The molecule has 8 heteroatoms. The molecule has 1 aromatic heterocycles. The highest BCUT2D eigenvalue weighted by molar-refractivity contribution is 5.61. The quantitative estimate of drug-likeness (QED) is 0.403. The van der Waals surface area contributed by atoms with E-state index in [1.165, 1.54) is 0 Å². The maximum Gasteiger partial charge on any atom is 0.142 e. The highest BCUT2D eigenvalue weighted by atomic mass is 16.5. The molecule has 0 radical (unpaired) electrons. The van der Waals surface area contributed by atoms with Crippen LogP contribution in [0.2, 0.25) is 0 Å². The van der Waals surface area contributed by atoms with Gasteiger partial charge in [-0.2, -0.15) is 0 Å². The van der Waals surface area contributed by atoms with E-state index >= 15 is 0 Å². The number of piperidine rings is 1. The standard InChI is InChI=1S/C29H35N3O5/c1-34-15-2-13-32-14-16-35-27-8-3-21(17-25(27)32)20-36-28-19-31-18-26(33)29(28)22-4-6-23(7-5-22)37-24-9-11-30-12-10-24/h3-12,17,26,28-29,31,33H,2,13-16,18-20H2,1H3/t26-,28+,29+/m1/s1. The Balaban J connectivity index is 1.25. The lowest BCUT2D eigenvalue weighted by molar-refractivity contribution is -0.0328. The number of hydrogen-bond donors (Lipinski definition) is 2. The molecule has 0 aliphatic carbocycles. The molecule has 2 aliphatic heterocycles. The van der Waals surface area contributed by atoms with Crippen LogP contribution < -0.4 is 19.7 Å². The zero-order valence-electron chi connectivity index (χ0n) is 21.2. The number of aromatic nitrogens is 1. The molecule has 3 heterocycles. The van der Waals surface area contributed by atoms with Gasteiger partial charge in [0.25, 0.3) is 0 Å². The van der Waals surface area contributed by atoms with E-state index in [0.29, 0.717) is 26.3 Å². The van der Waals surface area contributed by atoms with Gasteiger partial charge in [-0.05, 0) is 53.9 Å². The van der Waals surface area contributed by atoms with E-state index in [4.69, 9.17) is 18.9 Å². The average Bonchev–Trinajstić information content (AvgIpc) is 2.93. The van der Waals surface area contributed by atoms with E-state index < -0.39 is 6.10 Å². The van der Waals surface area contributed by atoms with E-state index in [2.05, 4.69) is 27.3 Å². The Labute approximate surface area is 218 Å². The molecule has 0 unspecified atom stereocenters. The maximum absolute atomic E-state index is 10.9. The minimum atomic E-state index is -0.543. The van der Waals surface area contributed by atoms with Gasteiger partial charge >= 0.3 is 0 Å². The van der Waals surface area contributed by atoms with Gasteiger partial charge in [-0.1, -0.05) is 18.2 Å². The number of fused-ring (bicyclic) bond motifs is 1. The molecular weight excluding hydrogens is 470 g/mol. The first kappa shape index (κ1) is 25.5. The Morgan fingerprint density at radius 1 is 1.05 bits per heavy atom. The fourth-order valence-electron chi connectivity index (χ4n) is 5.02. The van der Waals surface area contributed by atoms with Crippen LogP contribution in [0.5, 0.6) is 17.2 Å². The first-order chi connectivity index (χ1) is 18.2. The first-order valence-corrected chi connectivity index (χ1v) is 12.9. The van der Waals surface area contributed by atoms with Gasteiger partial charge < -0.3 is 34.3 Å². The number of benzene rings is 2. The van der Waals surface area contributed by atoms with Crippen LogP contribution in [0.1, 0.15) is 23.5 Å². The molecule has 8 nitrogen and oxygen atoms in total. The average molecular weight is 506 g/mol. The molecule has 5 rings (SSSR count). The van der Waals surface area contributed by atoms with Crippen molar-refractivity contribution in [3.05, 3.63) is 78.1 Å². The van der Waals surface area contributed by atoms with Crippen molar-refractivity contribution in [1.29, 1.82) is 0 Å². The Morgan fingerprint density at radius 2 is 1.86 bits per heavy atom. The Bertz CT molecular complexity index is 1130. The third-order valence-electron chi connectivity index (χ3n) is 6.89. The van der Waals surface area contributed by atoms with Crippen LogP contribution in [-0.4, -0.2) is 68.8 Å². The zero-order valence-corrected chi connectivity index (χ0v) is 21.2. The molecule has 2 aromatic carbocycles. The summed E-state index contributed by atoms with van der Waals surface area (Å²) < 4.78 is 23.4. The maximum atomic E-state index is 10.9. The topological polar surface area (TPSA) is 85.3 Å².